The number of alkyl halides is 3. The Hall–Kier alpha value is -7.32. The fraction of sp³-hybridized carbons (Fsp3) is 0.689. The van der Waals surface area contributed by atoms with Crippen LogP contribution in [-0.4, -0.2) is 262 Å². The Morgan fingerprint density at radius 2 is 0.739 bits per heavy atom. The molecular formula is C74H117Cl3N14O24. The van der Waals surface area contributed by atoms with E-state index < -0.39 is 84.4 Å². The van der Waals surface area contributed by atoms with Gasteiger partial charge in [-0.25, -0.2) is 19.2 Å². The topological polar surface area (TPSA) is 542 Å². The number of nitrogens with zero attached hydrogens (tertiary/aromatic N) is 6. The number of aromatic nitrogens is 6. The molecule has 7 rings (SSSR count). The van der Waals surface area contributed by atoms with Crippen molar-refractivity contribution in [2.24, 2.45) is 0 Å². The molecule has 0 spiro atoms. The minimum Gasteiger partial charge on any atom is -0.444 e. The summed E-state index contributed by atoms with van der Waals surface area (Å²) in [6.07, 6.45) is 9.75. The summed E-state index contributed by atoms with van der Waals surface area (Å²) in [5.74, 6) is 0.791. The Balaban J connectivity index is 0.000000310. The Labute approximate surface area is 682 Å². The molecule has 0 saturated carbocycles. The number of nitrogen functional groups attached to an aromatic ring is 3. The number of aliphatic hydroxyl groups excluding tert-OH is 6. The first-order valence-corrected chi connectivity index (χ1v) is 40.5. The Kier molecular flexibility index (Phi) is 49.3. The Morgan fingerprint density at radius 3 is 1.11 bits per heavy atom. The number of hydrogen-bond acceptors (Lipinski definition) is 30. The van der Waals surface area contributed by atoms with Gasteiger partial charge in [-0.15, -0.1) is 34.8 Å². The molecule has 648 valence electrons. The lowest BCUT2D eigenvalue weighted by atomic mass is 10.1. The number of alkyl carbamates (subject to hydrolysis) is 1. The van der Waals surface area contributed by atoms with E-state index in [4.69, 9.17) is 99.4 Å². The molecule has 3 aromatic heterocycles. The number of unbranched alkanes of at least 4 members (excludes halogenated alkanes) is 9. The summed E-state index contributed by atoms with van der Waals surface area (Å²) in [6.45, 7) is 5.59. The number of aliphatic hydroxyl groups is 6. The van der Waals surface area contributed by atoms with Gasteiger partial charge in [-0.1, -0.05) is 38.5 Å². The third-order valence-corrected chi connectivity index (χ3v) is 18.8. The standard InChI is InChI=1S/C28H40ClN5O8.C25H42ClN5O8.C21H35ClN4O8/c29-9-3-1-2-4-11-40-13-14-41-12-10-31-26(37)19-5-7-20(8-6-19)27(38)32-16-21-17-34(28(39)33-25(21)30)24-15-22(36)23(18-35)42-24;26-8-3-1-2-4-10-37-12-13-38-11-9-28-21(34)6-5-7-22(35)29-15-18-16-31(25(36)30-24(18)27)23-14-19(33)20(17-32)39-23;22-5-3-1-2-4-7-31-9-10-32-8-6-24-21(30)33-14-15-12-26(20(29)25-19(15)23)18-11-16(28)17(13-27)34-18/h5-8,17,22-24,35-36H,1-4,9-16,18H2,(H,31,37)(H,32,38)(H2,30,33,39);16,19-20,23,32-33H,1-15,17H2,(H,28,34)(H,29,35)(H2,27,30,36);12,16-18,27-28H,1-11,13-14H2,(H,24,30)(H2,23,25,29)/t22?,23-,24-;19?,20-,23-;16?,17-,18-/m111/s1. The van der Waals surface area contributed by atoms with Crippen molar-refractivity contribution in [2.75, 3.05) is 154 Å². The van der Waals surface area contributed by atoms with E-state index >= 15 is 0 Å². The summed E-state index contributed by atoms with van der Waals surface area (Å²) in [6, 6.07) is 6.14. The van der Waals surface area contributed by atoms with Gasteiger partial charge in [0.05, 0.1) is 97.6 Å². The lowest BCUT2D eigenvalue weighted by Gasteiger charge is -2.16. The number of benzene rings is 1. The van der Waals surface area contributed by atoms with E-state index in [2.05, 4.69) is 41.5 Å². The number of halogens is 3. The smallest absolute Gasteiger partial charge is 0.407 e. The van der Waals surface area contributed by atoms with E-state index in [1.165, 1.54) is 39.9 Å². The van der Waals surface area contributed by atoms with Gasteiger partial charge in [-0.05, 0) is 69.2 Å². The number of ether oxygens (including phenoxy) is 10. The van der Waals surface area contributed by atoms with Crippen molar-refractivity contribution < 1.29 is 102 Å². The summed E-state index contributed by atoms with van der Waals surface area (Å²) in [4.78, 5) is 109. The van der Waals surface area contributed by atoms with Crippen molar-refractivity contribution in [3.05, 3.63) is 102 Å². The molecule has 6 heterocycles. The molecule has 3 fully saturated rings. The van der Waals surface area contributed by atoms with Gasteiger partial charge in [-0.3, -0.25) is 32.9 Å². The highest BCUT2D eigenvalue weighted by atomic mass is 35.5. The van der Waals surface area contributed by atoms with Gasteiger partial charge in [0.15, 0.2) is 0 Å². The van der Waals surface area contributed by atoms with Crippen molar-refractivity contribution >= 4 is 82.0 Å². The monoisotopic (exact) mass is 1690 g/mol. The number of nitrogens with two attached hydrogens (primary N) is 3. The fourth-order valence-corrected chi connectivity index (χ4v) is 12.1. The number of amides is 5. The minimum absolute atomic E-state index is 0.0257. The van der Waals surface area contributed by atoms with E-state index in [1.54, 1.807) is 12.1 Å². The number of anilines is 3. The molecule has 41 heteroatoms. The number of nitrogens with one attached hydrogen (secondary N) is 5. The average molecular weight is 1690 g/mol. The summed E-state index contributed by atoms with van der Waals surface area (Å²) in [5, 5.41) is 71.0. The maximum absolute atomic E-state index is 12.7. The molecule has 17 N–H and O–H groups in total. The molecule has 3 saturated heterocycles. The van der Waals surface area contributed by atoms with Crippen LogP contribution < -0.4 is 60.9 Å². The predicted molar refractivity (Wildman–Crippen MR) is 423 cm³/mol. The van der Waals surface area contributed by atoms with E-state index in [0.717, 1.165) is 81.6 Å². The maximum atomic E-state index is 12.7. The van der Waals surface area contributed by atoms with Crippen molar-refractivity contribution in [1.29, 1.82) is 0 Å². The van der Waals surface area contributed by atoms with Crippen LogP contribution in [0.4, 0.5) is 22.2 Å². The summed E-state index contributed by atoms with van der Waals surface area (Å²) < 4.78 is 57.9. The van der Waals surface area contributed by atoms with Gasteiger partial charge >= 0.3 is 23.2 Å². The van der Waals surface area contributed by atoms with Crippen molar-refractivity contribution in [1.82, 2.24) is 55.2 Å². The van der Waals surface area contributed by atoms with Crippen molar-refractivity contribution in [2.45, 2.75) is 191 Å². The molecule has 0 aliphatic carbocycles. The van der Waals surface area contributed by atoms with Gasteiger partial charge in [0.1, 0.15) is 61.1 Å². The average Bonchev–Trinajstić information content (AvgIpc) is 1.62. The Bertz CT molecular complexity index is 3650. The molecule has 5 amide bonds. The molecule has 0 bridgehead atoms. The van der Waals surface area contributed by atoms with Crippen LogP contribution in [-0.2, 0) is 76.7 Å². The summed E-state index contributed by atoms with van der Waals surface area (Å²) >= 11 is 16.9. The molecule has 0 radical (unpaired) electrons. The first-order chi connectivity index (χ1) is 55.6. The quantitative estimate of drug-likeness (QED) is 0.0221. The van der Waals surface area contributed by atoms with Crippen molar-refractivity contribution in [3.8, 4) is 0 Å². The first-order valence-electron chi connectivity index (χ1n) is 38.9. The van der Waals surface area contributed by atoms with Crippen molar-refractivity contribution in [3.63, 3.8) is 0 Å². The van der Waals surface area contributed by atoms with Gasteiger partial charge in [0.25, 0.3) is 11.8 Å². The number of carbonyl (C=O) groups excluding carboxylic acids is 5. The molecule has 4 aromatic rings. The van der Waals surface area contributed by atoms with E-state index in [9.17, 15) is 69.0 Å². The van der Waals surface area contributed by atoms with E-state index in [-0.39, 0.29) is 113 Å². The van der Waals surface area contributed by atoms with Gasteiger partial charge in [0.2, 0.25) is 11.8 Å². The number of carbonyl (C=O) groups is 5. The van der Waals surface area contributed by atoms with Crippen LogP contribution >= 0.6 is 34.8 Å². The summed E-state index contributed by atoms with van der Waals surface area (Å²) in [5.41, 5.74) is 17.3. The maximum Gasteiger partial charge on any atom is 0.407 e. The second-order valence-electron chi connectivity index (χ2n) is 26.9. The molecule has 1 aromatic carbocycles. The van der Waals surface area contributed by atoms with Gasteiger partial charge in [-0.2, -0.15) is 15.0 Å². The van der Waals surface area contributed by atoms with Crippen LogP contribution in [0, 0.1) is 0 Å². The molecule has 3 aliphatic heterocycles. The van der Waals surface area contributed by atoms with Gasteiger partial charge < -0.3 is 122 Å². The zero-order chi connectivity index (χ0) is 83.5. The van der Waals surface area contributed by atoms with Crippen LogP contribution in [0.2, 0.25) is 0 Å². The normalized spacial score (nSPS) is 18.9. The molecule has 38 nitrogen and oxygen atoms in total. The van der Waals surface area contributed by atoms with Crippen LogP contribution in [0.3, 0.4) is 0 Å². The minimum atomic E-state index is -0.928. The summed E-state index contributed by atoms with van der Waals surface area (Å²) in [7, 11) is 0. The van der Waals surface area contributed by atoms with Gasteiger partial charge in [0, 0.05) is 149 Å². The second-order valence-corrected chi connectivity index (χ2v) is 28.0. The highest BCUT2D eigenvalue weighted by Crippen LogP contribution is 2.31. The van der Waals surface area contributed by atoms with Crippen LogP contribution in [0.5, 0.6) is 0 Å². The zero-order valence-corrected chi connectivity index (χ0v) is 67.3. The SMILES string of the molecule is Nc1nc(=O)n([C@H]2CC(O)[C@@H](CO)O2)cc1CNC(=O)CCCC(=O)NCCOCCOCCCCCCCl.Nc1nc(=O)n([C@H]2CC(O)[C@@H](CO)O2)cc1CNC(=O)c1ccc(C(=O)NCCOCCOCCCCCCCl)cc1.Nc1nc(=O)n([C@H]2CC(O)[C@@H](CO)O2)cc1COC(=O)NCCOCCOCCCCCCCl. The fourth-order valence-electron chi connectivity index (χ4n) is 11.5. The second kappa shape index (κ2) is 57.7. The third-order valence-electron chi connectivity index (χ3n) is 18.0. The largest absolute Gasteiger partial charge is 0.444 e. The van der Waals surface area contributed by atoms with E-state index in [0.29, 0.717) is 144 Å². The predicted octanol–water partition coefficient (Wildman–Crippen LogP) is 1.68. The molecule has 115 heavy (non-hydrogen) atoms. The Morgan fingerprint density at radius 1 is 0.417 bits per heavy atom. The van der Waals surface area contributed by atoms with Crippen LogP contribution in [0.25, 0.3) is 0 Å². The number of hydrogen-bond donors (Lipinski definition) is 14. The molecule has 3 aliphatic rings. The highest BCUT2D eigenvalue weighted by molar-refractivity contribution is 6.18. The molecule has 9 atom stereocenters. The number of rotatable bonds is 54. The first kappa shape index (κ1) is 98.3. The van der Waals surface area contributed by atoms with Crippen LogP contribution in [0.1, 0.15) is 172 Å². The lowest BCUT2D eigenvalue weighted by Crippen LogP contribution is -2.31. The van der Waals surface area contributed by atoms with E-state index in [1.807, 2.05) is 0 Å². The molecular weight excluding hydrogens is 1580 g/mol. The van der Waals surface area contributed by atoms with Crippen LogP contribution in [0.15, 0.2) is 57.2 Å². The highest BCUT2D eigenvalue weighted by Gasteiger charge is 2.38. The third kappa shape index (κ3) is 37.9. The molecule has 3 unspecified atom stereocenters. The zero-order valence-electron chi connectivity index (χ0n) is 65.0. The lowest BCUT2D eigenvalue weighted by molar-refractivity contribution is -0.122.